The van der Waals surface area contributed by atoms with Crippen LogP contribution >= 0.6 is 0 Å². The van der Waals surface area contributed by atoms with Gasteiger partial charge in [0.1, 0.15) is 11.9 Å². The number of azo groups is 1. The Morgan fingerprint density at radius 2 is 2.21 bits per heavy atom. The Morgan fingerprint density at radius 3 is 3.00 bits per heavy atom. The third kappa shape index (κ3) is 5.08. The van der Waals surface area contributed by atoms with Crippen LogP contribution in [-0.2, 0) is 0 Å². The van der Waals surface area contributed by atoms with Crippen molar-refractivity contribution in [2.24, 2.45) is 16.0 Å². The molecule has 1 aliphatic rings. The summed E-state index contributed by atoms with van der Waals surface area (Å²) >= 11 is 0. The lowest BCUT2D eigenvalue weighted by molar-refractivity contribution is 0.403. The van der Waals surface area contributed by atoms with Crippen LogP contribution in [0, 0.1) is 16.7 Å². The molecule has 1 aromatic heterocycles. The molecule has 9 heteroatoms. The number of hydrogen-bond acceptors (Lipinski definition) is 9. The standard InChI is InChI=1S/C19H23N9/c20-8-9-24-28-14-5-3-4-13(10-14)25-19-17(11-21)23-12-18(27-19)26-16-7-2-1-6-15(16)22/h3-5,8,10,12,15-16,20H,1-2,6-7,9,22H2,(H2,25,26,27). The van der Waals surface area contributed by atoms with Crippen molar-refractivity contribution in [2.75, 3.05) is 17.2 Å². The predicted molar refractivity (Wildman–Crippen MR) is 108 cm³/mol. The van der Waals surface area contributed by atoms with Crippen LogP contribution in [0.25, 0.3) is 0 Å². The molecule has 0 bridgehead atoms. The Labute approximate surface area is 163 Å². The molecule has 0 amide bonds. The maximum Gasteiger partial charge on any atom is 0.183 e. The second kappa shape index (κ2) is 9.53. The topological polar surface area (TPSA) is 148 Å². The molecule has 3 rings (SSSR count). The molecular formula is C19H23N9. The number of rotatable bonds is 7. The fourth-order valence-corrected chi connectivity index (χ4v) is 3.10. The predicted octanol–water partition coefficient (Wildman–Crippen LogP) is 3.51. The molecule has 0 spiro atoms. The Hall–Kier alpha value is -3.38. The SMILES string of the molecule is N#Cc1ncc(NC2CCCCC2N)nc1Nc1cccc(N=NCC=N)c1. The molecule has 144 valence electrons. The summed E-state index contributed by atoms with van der Waals surface area (Å²) in [6, 6.07) is 9.55. The number of nitrogens with zero attached hydrogens (tertiary/aromatic N) is 5. The molecule has 1 aromatic carbocycles. The van der Waals surface area contributed by atoms with E-state index >= 15 is 0 Å². The van der Waals surface area contributed by atoms with E-state index in [0.29, 0.717) is 23.0 Å². The van der Waals surface area contributed by atoms with Crippen LogP contribution in [0.4, 0.5) is 23.0 Å². The van der Waals surface area contributed by atoms with Gasteiger partial charge in [0.25, 0.3) is 0 Å². The second-order valence-electron chi connectivity index (χ2n) is 6.57. The minimum atomic E-state index is 0.0885. The van der Waals surface area contributed by atoms with Gasteiger partial charge in [-0.15, -0.1) is 0 Å². The molecule has 1 aliphatic carbocycles. The fourth-order valence-electron chi connectivity index (χ4n) is 3.10. The van der Waals surface area contributed by atoms with Crippen LogP contribution in [0.3, 0.4) is 0 Å². The number of anilines is 3. The largest absolute Gasteiger partial charge is 0.364 e. The molecule has 0 radical (unpaired) electrons. The fraction of sp³-hybridized carbons (Fsp3) is 0.368. The first-order valence-corrected chi connectivity index (χ1v) is 9.22. The van der Waals surface area contributed by atoms with Gasteiger partial charge in [-0.25, -0.2) is 9.97 Å². The van der Waals surface area contributed by atoms with E-state index in [1.165, 1.54) is 6.21 Å². The summed E-state index contributed by atoms with van der Waals surface area (Å²) < 4.78 is 0. The maximum atomic E-state index is 9.36. The van der Waals surface area contributed by atoms with Crippen molar-refractivity contribution in [2.45, 2.75) is 37.8 Å². The highest BCUT2D eigenvalue weighted by Crippen LogP contribution is 2.25. The van der Waals surface area contributed by atoms with Gasteiger partial charge in [0.15, 0.2) is 11.5 Å². The van der Waals surface area contributed by atoms with Gasteiger partial charge in [-0.1, -0.05) is 18.9 Å². The van der Waals surface area contributed by atoms with Crippen molar-refractivity contribution in [1.82, 2.24) is 9.97 Å². The molecule has 1 heterocycles. The zero-order chi connectivity index (χ0) is 19.8. The molecule has 28 heavy (non-hydrogen) atoms. The molecule has 2 atom stereocenters. The van der Waals surface area contributed by atoms with Crippen LogP contribution < -0.4 is 16.4 Å². The number of nitriles is 1. The van der Waals surface area contributed by atoms with Crippen LogP contribution in [0.15, 0.2) is 40.7 Å². The minimum Gasteiger partial charge on any atom is -0.364 e. The van der Waals surface area contributed by atoms with E-state index < -0.39 is 0 Å². The lowest BCUT2D eigenvalue weighted by Gasteiger charge is -2.29. The second-order valence-corrected chi connectivity index (χ2v) is 6.57. The van der Waals surface area contributed by atoms with Crippen LogP contribution in [-0.4, -0.2) is 34.8 Å². The first-order valence-electron chi connectivity index (χ1n) is 9.22. The summed E-state index contributed by atoms with van der Waals surface area (Å²) in [7, 11) is 0. The Bertz CT molecular complexity index is 887. The highest BCUT2D eigenvalue weighted by Gasteiger charge is 2.22. The van der Waals surface area contributed by atoms with E-state index in [9.17, 15) is 5.26 Å². The number of benzene rings is 1. The van der Waals surface area contributed by atoms with E-state index in [-0.39, 0.29) is 24.3 Å². The summed E-state index contributed by atoms with van der Waals surface area (Å²) in [5, 5.41) is 30.8. The quantitative estimate of drug-likeness (QED) is 0.428. The van der Waals surface area contributed by atoms with E-state index in [4.69, 9.17) is 11.1 Å². The zero-order valence-electron chi connectivity index (χ0n) is 15.5. The van der Waals surface area contributed by atoms with Gasteiger partial charge < -0.3 is 21.8 Å². The molecule has 2 aromatic rings. The molecule has 0 aliphatic heterocycles. The Kier molecular flexibility index (Phi) is 6.59. The van der Waals surface area contributed by atoms with Gasteiger partial charge in [0.05, 0.1) is 18.4 Å². The number of nitrogens with two attached hydrogens (primary N) is 1. The van der Waals surface area contributed by atoms with Gasteiger partial charge in [0, 0.05) is 24.0 Å². The lowest BCUT2D eigenvalue weighted by Crippen LogP contribution is -2.42. The van der Waals surface area contributed by atoms with Gasteiger partial charge >= 0.3 is 0 Å². The van der Waals surface area contributed by atoms with Crippen molar-refractivity contribution >= 4 is 29.2 Å². The summed E-state index contributed by atoms with van der Waals surface area (Å²) in [6.45, 7) is 0.235. The first kappa shape index (κ1) is 19.4. The normalized spacial score (nSPS) is 19.1. The van der Waals surface area contributed by atoms with Crippen molar-refractivity contribution in [3.63, 3.8) is 0 Å². The Morgan fingerprint density at radius 1 is 1.36 bits per heavy atom. The average Bonchev–Trinajstić information content (AvgIpc) is 2.71. The van der Waals surface area contributed by atoms with Gasteiger partial charge in [-0.3, -0.25) is 0 Å². The van der Waals surface area contributed by atoms with E-state index in [1.807, 2.05) is 12.1 Å². The number of nitrogens with one attached hydrogen (secondary N) is 3. The van der Waals surface area contributed by atoms with E-state index in [1.54, 1.807) is 18.3 Å². The first-order chi connectivity index (χ1) is 13.7. The van der Waals surface area contributed by atoms with E-state index in [0.717, 1.165) is 25.7 Å². The molecule has 0 saturated heterocycles. The summed E-state index contributed by atoms with van der Waals surface area (Å²) in [5.41, 5.74) is 7.75. The molecule has 5 N–H and O–H groups in total. The highest BCUT2D eigenvalue weighted by molar-refractivity contribution is 5.65. The van der Waals surface area contributed by atoms with Crippen molar-refractivity contribution in [3.8, 4) is 6.07 Å². The number of hydrogen-bond donors (Lipinski definition) is 4. The van der Waals surface area contributed by atoms with Gasteiger partial charge in [0.2, 0.25) is 0 Å². The molecule has 9 nitrogen and oxygen atoms in total. The zero-order valence-corrected chi connectivity index (χ0v) is 15.5. The maximum absolute atomic E-state index is 9.36. The molecule has 1 fully saturated rings. The molecular weight excluding hydrogens is 354 g/mol. The lowest BCUT2D eigenvalue weighted by atomic mass is 9.91. The average molecular weight is 377 g/mol. The molecule has 2 unspecified atom stereocenters. The summed E-state index contributed by atoms with van der Waals surface area (Å²) in [6.07, 6.45) is 7.02. The highest BCUT2D eigenvalue weighted by atomic mass is 15.1. The molecule has 1 saturated carbocycles. The summed E-state index contributed by atoms with van der Waals surface area (Å²) in [5.74, 6) is 0.955. The third-order valence-corrected chi connectivity index (χ3v) is 4.50. The van der Waals surface area contributed by atoms with Crippen LogP contribution in [0.1, 0.15) is 31.4 Å². The Balaban J connectivity index is 1.78. The van der Waals surface area contributed by atoms with Crippen molar-refractivity contribution < 1.29 is 0 Å². The smallest absolute Gasteiger partial charge is 0.183 e. The van der Waals surface area contributed by atoms with Crippen molar-refractivity contribution in [1.29, 1.82) is 10.7 Å². The summed E-state index contributed by atoms with van der Waals surface area (Å²) in [4.78, 5) is 8.74. The third-order valence-electron chi connectivity index (χ3n) is 4.50. The monoisotopic (exact) mass is 377 g/mol. The van der Waals surface area contributed by atoms with Crippen LogP contribution in [0.2, 0.25) is 0 Å². The van der Waals surface area contributed by atoms with E-state index in [2.05, 4.69) is 36.9 Å². The van der Waals surface area contributed by atoms with Gasteiger partial charge in [-0.05, 0) is 31.0 Å². The minimum absolute atomic E-state index is 0.0885. The van der Waals surface area contributed by atoms with Gasteiger partial charge in [-0.2, -0.15) is 15.5 Å². The number of aromatic nitrogens is 2. The van der Waals surface area contributed by atoms with Crippen molar-refractivity contribution in [3.05, 3.63) is 36.2 Å². The van der Waals surface area contributed by atoms with Crippen LogP contribution in [0.5, 0.6) is 0 Å².